The van der Waals surface area contributed by atoms with Crippen LogP contribution in [0, 0.1) is 6.57 Å². The van der Waals surface area contributed by atoms with Gasteiger partial charge in [0.15, 0.2) is 0 Å². The fourth-order valence-corrected chi connectivity index (χ4v) is 5.07. The van der Waals surface area contributed by atoms with Crippen molar-refractivity contribution in [3.63, 3.8) is 0 Å². The lowest BCUT2D eigenvalue weighted by Gasteiger charge is -2.36. The zero-order valence-electron chi connectivity index (χ0n) is 15.4. The van der Waals surface area contributed by atoms with Crippen LogP contribution in [-0.4, -0.2) is 33.5 Å². The lowest BCUT2D eigenvalue weighted by molar-refractivity contribution is 0.107. The van der Waals surface area contributed by atoms with Gasteiger partial charge in [0.25, 0.3) is 6.57 Å². The van der Waals surface area contributed by atoms with Crippen LogP contribution in [0.25, 0.3) is 4.85 Å². The van der Waals surface area contributed by atoms with Crippen LogP contribution < -0.4 is 0 Å². The lowest BCUT2D eigenvalue weighted by atomic mass is 9.82. The van der Waals surface area contributed by atoms with Crippen molar-refractivity contribution in [2.45, 2.75) is 62.8 Å². The highest BCUT2D eigenvalue weighted by Crippen LogP contribution is 2.41. The first-order chi connectivity index (χ1) is 12.0. The van der Waals surface area contributed by atoms with Crippen molar-refractivity contribution in [2.24, 2.45) is 0 Å². The smallest absolute Gasteiger partial charge is 0.341 e. The number of fused-ring (bicyclic) bond motifs is 1. The number of hydrogen-bond acceptors (Lipinski definition) is 3. The van der Waals surface area contributed by atoms with Crippen LogP contribution in [0.1, 0.15) is 50.7 Å². The maximum atomic E-state index is 10.1. The third kappa shape index (κ3) is 3.73. The Labute approximate surface area is 155 Å². The van der Waals surface area contributed by atoms with Crippen molar-refractivity contribution in [2.75, 3.05) is 13.1 Å². The zero-order valence-corrected chi connectivity index (χ0v) is 16.2. The largest absolute Gasteiger partial charge is 0.508 e. The fourth-order valence-electron chi connectivity index (χ4n) is 4.14. The molecule has 0 radical (unpaired) electrons. The highest BCUT2D eigenvalue weighted by Gasteiger charge is 2.49. The summed E-state index contributed by atoms with van der Waals surface area (Å²) in [5, 5.41) is 12.4. The van der Waals surface area contributed by atoms with Gasteiger partial charge in [-0.25, -0.2) is 4.90 Å². The molecular weight excluding hydrogens is 328 g/mol. The van der Waals surface area contributed by atoms with Crippen LogP contribution >= 0.6 is 11.8 Å². The Bertz CT molecular complexity index is 686. The molecule has 3 nitrogen and oxygen atoms in total. The highest BCUT2D eigenvalue weighted by atomic mass is 32.2. The molecule has 4 heteroatoms. The molecule has 0 saturated carbocycles. The summed E-state index contributed by atoms with van der Waals surface area (Å²) in [6.07, 6.45) is 8.13. The minimum Gasteiger partial charge on any atom is -0.508 e. The van der Waals surface area contributed by atoms with Gasteiger partial charge < -0.3 is 5.11 Å². The summed E-state index contributed by atoms with van der Waals surface area (Å²) in [6, 6.07) is 5.81. The predicted molar refractivity (Wildman–Crippen MR) is 107 cm³/mol. The van der Waals surface area contributed by atoms with Gasteiger partial charge in [-0.3, -0.25) is 0 Å². The Kier molecular flexibility index (Phi) is 5.46. The summed E-state index contributed by atoms with van der Waals surface area (Å²) in [7, 11) is 0. The molecule has 0 spiro atoms. The molecule has 1 heterocycles. The first kappa shape index (κ1) is 18.4. The van der Waals surface area contributed by atoms with E-state index in [0.717, 1.165) is 57.2 Å². The predicted octanol–water partition coefficient (Wildman–Crippen LogP) is 5.05. The van der Waals surface area contributed by atoms with Crippen molar-refractivity contribution in [3.8, 4) is 12.3 Å². The number of thioether (sulfide) groups is 1. The topological polar surface area (TPSA) is 27.8 Å². The molecule has 1 N–H and O–H groups in total. The van der Waals surface area contributed by atoms with E-state index < -0.39 is 0 Å². The van der Waals surface area contributed by atoms with Crippen LogP contribution in [0.2, 0.25) is 0 Å². The molecule has 1 aliphatic heterocycles. The molecular formula is C21H29N2OS+. The van der Waals surface area contributed by atoms with E-state index in [0.29, 0.717) is 10.5 Å². The number of nitrogens with zero attached hydrogens (tertiary/aromatic N) is 2. The number of rotatable bonds is 6. The van der Waals surface area contributed by atoms with Crippen molar-refractivity contribution >= 4 is 11.8 Å². The van der Waals surface area contributed by atoms with E-state index in [1.165, 1.54) is 5.56 Å². The van der Waals surface area contributed by atoms with Gasteiger partial charge in [0.2, 0.25) is 0 Å². The molecule has 0 saturated heterocycles. The SMILES string of the molecule is C#[N+][C@]1(N(CCC)CCC2(C)CC=CS2)CCc2c(O)cccc2C1. The summed E-state index contributed by atoms with van der Waals surface area (Å²) in [6.45, 7) is 12.6. The summed E-state index contributed by atoms with van der Waals surface area (Å²) < 4.78 is 0.298. The van der Waals surface area contributed by atoms with E-state index >= 15 is 0 Å². The minimum atomic E-state index is -0.343. The van der Waals surface area contributed by atoms with Crippen molar-refractivity contribution in [3.05, 3.63) is 45.7 Å². The molecule has 2 atom stereocenters. The van der Waals surface area contributed by atoms with Gasteiger partial charge in [0.1, 0.15) is 5.75 Å². The van der Waals surface area contributed by atoms with Gasteiger partial charge in [0.05, 0.1) is 12.8 Å². The second-order valence-corrected chi connectivity index (χ2v) is 9.08. The average molecular weight is 358 g/mol. The standard InChI is InChI=1S/C21H28N2OS/c1-4-13-23(14-12-20(2)10-6-15-25-20)21(22-3)11-9-18-17(16-21)7-5-8-19(18)24/h3,5-8,15H,4,9-14,16H2,1-2H3/p+1/t20?,21-/m0/s1. The molecule has 0 fully saturated rings. The fraction of sp³-hybridized carbons (Fsp3) is 0.571. The van der Waals surface area contributed by atoms with Gasteiger partial charge in [-0.05, 0) is 55.2 Å². The molecule has 0 bridgehead atoms. The maximum Gasteiger partial charge on any atom is 0.341 e. The second kappa shape index (κ2) is 7.43. The second-order valence-electron chi connectivity index (χ2n) is 7.58. The minimum absolute atomic E-state index is 0.298. The summed E-state index contributed by atoms with van der Waals surface area (Å²) >= 11 is 1.95. The number of phenols is 1. The third-order valence-corrected chi connectivity index (χ3v) is 7.00. The van der Waals surface area contributed by atoms with Crippen molar-refractivity contribution in [1.29, 1.82) is 0 Å². The van der Waals surface area contributed by atoms with Crippen LogP contribution in [0.5, 0.6) is 5.75 Å². The Morgan fingerprint density at radius 3 is 2.88 bits per heavy atom. The van der Waals surface area contributed by atoms with Crippen LogP contribution in [0.15, 0.2) is 29.7 Å². The van der Waals surface area contributed by atoms with Crippen LogP contribution in [-0.2, 0) is 12.8 Å². The Morgan fingerprint density at radius 2 is 2.20 bits per heavy atom. The Morgan fingerprint density at radius 1 is 1.36 bits per heavy atom. The normalized spacial score (nSPS) is 28.1. The molecule has 3 rings (SSSR count). The summed E-state index contributed by atoms with van der Waals surface area (Å²) in [4.78, 5) is 6.91. The molecule has 1 aromatic carbocycles. The first-order valence-electron chi connectivity index (χ1n) is 9.32. The van der Waals surface area contributed by atoms with E-state index in [2.05, 4.69) is 41.1 Å². The average Bonchev–Trinajstić information content (AvgIpc) is 3.05. The van der Waals surface area contributed by atoms with Gasteiger partial charge >= 0.3 is 5.66 Å². The number of aromatic hydroxyl groups is 1. The summed E-state index contributed by atoms with van der Waals surface area (Å²) in [5.41, 5.74) is 1.91. The van der Waals surface area contributed by atoms with E-state index in [4.69, 9.17) is 6.57 Å². The molecule has 0 amide bonds. The van der Waals surface area contributed by atoms with E-state index in [-0.39, 0.29) is 5.66 Å². The summed E-state index contributed by atoms with van der Waals surface area (Å²) in [5.74, 6) is 0.408. The Balaban J connectivity index is 1.79. The van der Waals surface area contributed by atoms with E-state index in [1.54, 1.807) is 6.07 Å². The number of benzene rings is 1. The zero-order chi connectivity index (χ0) is 17.9. The third-order valence-electron chi connectivity index (χ3n) is 5.73. The number of hydrogen-bond donors (Lipinski definition) is 1. The highest BCUT2D eigenvalue weighted by molar-refractivity contribution is 8.03. The molecule has 25 heavy (non-hydrogen) atoms. The maximum absolute atomic E-state index is 10.1. The van der Waals surface area contributed by atoms with Gasteiger partial charge in [-0.1, -0.05) is 30.0 Å². The Hall–Kier alpha value is -1.44. The quantitative estimate of drug-likeness (QED) is 0.772. The molecule has 2 aliphatic rings. The molecule has 134 valence electrons. The molecule has 1 aromatic rings. The number of allylic oxidation sites excluding steroid dienone is 1. The van der Waals surface area contributed by atoms with E-state index in [9.17, 15) is 5.11 Å². The first-order valence-corrected chi connectivity index (χ1v) is 10.2. The lowest BCUT2D eigenvalue weighted by Crippen LogP contribution is -2.51. The van der Waals surface area contributed by atoms with Crippen LogP contribution in [0.3, 0.4) is 0 Å². The van der Waals surface area contributed by atoms with Crippen molar-refractivity contribution < 1.29 is 5.11 Å². The van der Waals surface area contributed by atoms with Gasteiger partial charge in [-0.2, -0.15) is 0 Å². The van der Waals surface area contributed by atoms with Gasteiger partial charge in [-0.15, -0.1) is 11.8 Å². The van der Waals surface area contributed by atoms with E-state index in [1.807, 2.05) is 17.8 Å². The molecule has 1 aliphatic carbocycles. The van der Waals surface area contributed by atoms with Crippen molar-refractivity contribution in [1.82, 2.24) is 4.90 Å². The monoisotopic (exact) mass is 357 g/mol. The van der Waals surface area contributed by atoms with Crippen LogP contribution in [0.4, 0.5) is 0 Å². The van der Waals surface area contributed by atoms with Gasteiger partial charge in [0, 0.05) is 17.8 Å². The molecule has 1 unspecified atom stereocenters. The molecule has 0 aromatic heterocycles. The number of phenolic OH excluding ortho intramolecular Hbond substituents is 1.